The summed E-state index contributed by atoms with van der Waals surface area (Å²) in [4.78, 5) is 35.2. The van der Waals surface area contributed by atoms with E-state index in [0.29, 0.717) is 5.57 Å². The van der Waals surface area contributed by atoms with Gasteiger partial charge in [-0.1, -0.05) is 35.9 Å². The van der Waals surface area contributed by atoms with E-state index in [4.69, 9.17) is 10.5 Å². The summed E-state index contributed by atoms with van der Waals surface area (Å²) in [6, 6.07) is 6.74. The molecule has 0 aliphatic carbocycles. The lowest BCUT2D eigenvalue weighted by Gasteiger charge is -2.20. The van der Waals surface area contributed by atoms with Gasteiger partial charge < -0.3 is 26.2 Å². The molecule has 0 bridgehead atoms. The van der Waals surface area contributed by atoms with Crippen molar-refractivity contribution in [2.24, 2.45) is 5.73 Å². The zero-order chi connectivity index (χ0) is 18.8. The molecule has 1 aromatic rings. The number of alkyl carbamates (subject to hydrolysis) is 1. The molecule has 5 N–H and O–H groups in total. The number of aliphatic hydroxyl groups is 1. The molecule has 1 aromatic carbocycles. The van der Waals surface area contributed by atoms with E-state index in [-0.39, 0.29) is 13.0 Å². The van der Waals surface area contributed by atoms with Crippen LogP contribution in [0.25, 0.3) is 0 Å². The number of benzene rings is 1. The normalized spacial score (nSPS) is 12.6. The lowest BCUT2D eigenvalue weighted by Crippen LogP contribution is -2.54. The predicted molar refractivity (Wildman–Crippen MR) is 91.2 cm³/mol. The van der Waals surface area contributed by atoms with E-state index >= 15 is 0 Å². The first-order valence-electron chi connectivity index (χ1n) is 7.65. The van der Waals surface area contributed by atoms with Gasteiger partial charge in [-0.05, 0) is 18.9 Å². The van der Waals surface area contributed by atoms with E-state index in [2.05, 4.69) is 17.2 Å². The van der Waals surface area contributed by atoms with Gasteiger partial charge in [0.2, 0.25) is 11.8 Å². The number of carbonyl (C=O) groups is 3. The summed E-state index contributed by atoms with van der Waals surface area (Å²) in [5.41, 5.74) is 6.65. The molecule has 3 amide bonds. The molecule has 8 nitrogen and oxygen atoms in total. The Kier molecular flexibility index (Phi) is 8.14. The maximum absolute atomic E-state index is 12.1. The largest absolute Gasteiger partial charge is 0.445 e. The van der Waals surface area contributed by atoms with Crippen LogP contribution in [0, 0.1) is 0 Å². The number of carbonyl (C=O) groups excluding carboxylic acids is 3. The van der Waals surface area contributed by atoms with Crippen LogP contribution in [0.15, 0.2) is 42.5 Å². The van der Waals surface area contributed by atoms with Gasteiger partial charge in [0, 0.05) is 0 Å². The van der Waals surface area contributed by atoms with E-state index in [9.17, 15) is 19.5 Å². The van der Waals surface area contributed by atoms with Gasteiger partial charge in [-0.25, -0.2) is 4.79 Å². The molecule has 0 aliphatic rings. The Balaban J connectivity index is 2.55. The molecule has 1 rings (SSSR count). The molecule has 2 atom stereocenters. The quantitative estimate of drug-likeness (QED) is 0.473. The highest BCUT2D eigenvalue weighted by molar-refractivity contribution is 5.90. The van der Waals surface area contributed by atoms with Crippen molar-refractivity contribution in [3.8, 4) is 0 Å². The van der Waals surface area contributed by atoms with Crippen LogP contribution in [0.5, 0.6) is 0 Å². The van der Waals surface area contributed by atoms with Crippen molar-refractivity contribution in [2.75, 3.05) is 6.61 Å². The Labute approximate surface area is 146 Å². The molecule has 0 aromatic heterocycles. The van der Waals surface area contributed by atoms with E-state index in [0.717, 1.165) is 5.56 Å². The lowest BCUT2D eigenvalue weighted by molar-refractivity contribution is -0.129. The Hall–Kier alpha value is -2.87. The fourth-order valence-corrected chi connectivity index (χ4v) is 1.94. The van der Waals surface area contributed by atoms with Crippen molar-refractivity contribution in [3.63, 3.8) is 0 Å². The molecule has 8 heteroatoms. The molecule has 0 spiro atoms. The smallest absolute Gasteiger partial charge is 0.408 e. The number of hydrogen-bond acceptors (Lipinski definition) is 5. The van der Waals surface area contributed by atoms with Gasteiger partial charge in [-0.3, -0.25) is 9.59 Å². The molecular weight excluding hydrogens is 326 g/mol. The first kappa shape index (κ1) is 20.2. The number of ether oxygens (including phenoxy) is 1. The number of nitrogens with one attached hydrogen (secondary N) is 2. The summed E-state index contributed by atoms with van der Waals surface area (Å²) in [6.07, 6.45) is -0.703. The van der Waals surface area contributed by atoms with Crippen LogP contribution >= 0.6 is 0 Å². The molecule has 0 radical (unpaired) electrons. The monoisotopic (exact) mass is 349 g/mol. The Morgan fingerprint density at radius 1 is 1.20 bits per heavy atom. The Morgan fingerprint density at radius 2 is 1.84 bits per heavy atom. The van der Waals surface area contributed by atoms with Gasteiger partial charge >= 0.3 is 6.09 Å². The van der Waals surface area contributed by atoms with Gasteiger partial charge in [0.25, 0.3) is 0 Å². The van der Waals surface area contributed by atoms with Gasteiger partial charge in [0.1, 0.15) is 18.7 Å². The molecule has 25 heavy (non-hydrogen) atoms. The van der Waals surface area contributed by atoms with E-state index in [1.807, 2.05) is 6.07 Å². The van der Waals surface area contributed by atoms with Crippen molar-refractivity contribution in [1.29, 1.82) is 0 Å². The van der Waals surface area contributed by atoms with Crippen LogP contribution in [-0.4, -0.2) is 41.7 Å². The molecule has 0 saturated carbocycles. The van der Waals surface area contributed by atoms with Crippen molar-refractivity contribution in [2.45, 2.75) is 32.0 Å². The SMILES string of the molecule is C=C(C)C[C@@H](NC(=O)[C@H](CO)NC(=O)OCc1ccccc1)C(N)=O. The number of primary amides is 1. The molecular formula is C17H23N3O5. The maximum atomic E-state index is 12.1. The molecule has 0 aliphatic heterocycles. The van der Waals surface area contributed by atoms with Crippen LogP contribution in [0.3, 0.4) is 0 Å². The second-order valence-corrected chi connectivity index (χ2v) is 5.57. The summed E-state index contributed by atoms with van der Waals surface area (Å²) in [7, 11) is 0. The van der Waals surface area contributed by atoms with E-state index in [1.54, 1.807) is 31.2 Å². The van der Waals surface area contributed by atoms with Gasteiger partial charge in [-0.15, -0.1) is 6.58 Å². The maximum Gasteiger partial charge on any atom is 0.408 e. The van der Waals surface area contributed by atoms with Crippen LogP contribution in [0.2, 0.25) is 0 Å². The number of aliphatic hydroxyl groups excluding tert-OH is 1. The van der Waals surface area contributed by atoms with Gasteiger partial charge in [0.05, 0.1) is 6.61 Å². The lowest BCUT2D eigenvalue weighted by atomic mass is 10.1. The molecule has 0 heterocycles. The highest BCUT2D eigenvalue weighted by Crippen LogP contribution is 2.03. The zero-order valence-corrected chi connectivity index (χ0v) is 14.0. The Bertz CT molecular complexity index is 618. The van der Waals surface area contributed by atoms with E-state index in [1.165, 1.54) is 0 Å². The first-order valence-corrected chi connectivity index (χ1v) is 7.65. The number of hydrogen-bond donors (Lipinski definition) is 4. The third-order valence-corrected chi connectivity index (χ3v) is 3.22. The number of rotatable bonds is 9. The number of amides is 3. The minimum absolute atomic E-state index is 0.0199. The van der Waals surface area contributed by atoms with Crippen LogP contribution in [0.1, 0.15) is 18.9 Å². The third kappa shape index (κ3) is 7.49. The fourth-order valence-electron chi connectivity index (χ4n) is 1.94. The third-order valence-electron chi connectivity index (χ3n) is 3.22. The highest BCUT2D eigenvalue weighted by Gasteiger charge is 2.25. The average molecular weight is 349 g/mol. The fraction of sp³-hybridized carbons (Fsp3) is 0.353. The molecule has 136 valence electrons. The summed E-state index contributed by atoms with van der Waals surface area (Å²) < 4.78 is 4.98. The van der Waals surface area contributed by atoms with E-state index < -0.39 is 36.6 Å². The van der Waals surface area contributed by atoms with Crippen LogP contribution < -0.4 is 16.4 Å². The van der Waals surface area contributed by atoms with Crippen molar-refractivity contribution in [1.82, 2.24) is 10.6 Å². The molecule has 0 unspecified atom stereocenters. The predicted octanol–water partition coefficient (Wildman–Crippen LogP) is 0.210. The Morgan fingerprint density at radius 3 is 2.36 bits per heavy atom. The second kappa shape index (κ2) is 10.1. The second-order valence-electron chi connectivity index (χ2n) is 5.57. The summed E-state index contributed by atoms with van der Waals surface area (Å²) >= 11 is 0. The van der Waals surface area contributed by atoms with Gasteiger partial charge in [0.15, 0.2) is 0 Å². The molecule has 0 saturated heterocycles. The summed E-state index contributed by atoms with van der Waals surface area (Å²) in [5.74, 6) is -1.48. The van der Waals surface area contributed by atoms with Crippen LogP contribution in [0.4, 0.5) is 4.79 Å². The van der Waals surface area contributed by atoms with Crippen molar-refractivity contribution in [3.05, 3.63) is 48.0 Å². The number of nitrogens with two attached hydrogens (primary N) is 1. The minimum atomic E-state index is -1.27. The first-order chi connectivity index (χ1) is 11.8. The summed E-state index contributed by atoms with van der Waals surface area (Å²) in [6.45, 7) is 4.70. The average Bonchev–Trinajstić information content (AvgIpc) is 2.57. The minimum Gasteiger partial charge on any atom is -0.445 e. The van der Waals surface area contributed by atoms with Crippen molar-refractivity contribution >= 4 is 17.9 Å². The van der Waals surface area contributed by atoms with Crippen LogP contribution in [-0.2, 0) is 20.9 Å². The highest BCUT2D eigenvalue weighted by atomic mass is 16.5. The zero-order valence-electron chi connectivity index (χ0n) is 14.0. The van der Waals surface area contributed by atoms with Gasteiger partial charge in [-0.2, -0.15) is 0 Å². The van der Waals surface area contributed by atoms with Crippen molar-refractivity contribution < 1.29 is 24.2 Å². The summed E-state index contributed by atoms with van der Waals surface area (Å²) in [5, 5.41) is 13.9. The topological polar surface area (TPSA) is 131 Å². The molecule has 0 fully saturated rings. The standard InChI is InChI=1S/C17H23N3O5/c1-11(2)8-13(15(18)22)19-16(23)14(9-21)20-17(24)25-10-12-6-4-3-5-7-12/h3-7,13-14,21H,1,8-10H2,2H3,(H2,18,22)(H,19,23)(H,20,24)/t13-,14+/m1/s1.